The first kappa shape index (κ1) is 24.1. The van der Waals surface area contributed by atoms with Crippen LogP contribution in [0.25, 0.3) is 11.1 Å². The van der Waals surface area contributed by atoms with E-state index in [9.17, 15) is 18.1 Å². The summed E-state index contributed by atoms with van der Waals surface area (Å²) in [5.74, 6) is -0.686. The third kappa shape index (κ3) is 4.91. The fourth-order valence-corrected chi connectivity index (χ4v) is 4.78. The van der Waals surface area contributed by atoms with Crippen LogP contribution in [0.5, 0.6) is 0 Å². The van der Waals surface area contributed by atoms with Crippen LogP contribution >= 0.6 is 19.0 Å². The number of benzene rings is 2. The van der Waals surface area contributed by atoms with E-state index < -0.39 is 19.1 Å². The fraction of sp³-hybridized carbons (Fsp3) is 0.240. The first-order valence-corrected chi connectivity index (χ1v) is 12.8. The number of hydrogen-bond acceptors (Lipinski definition) is 5. The molecule has 0 fully saturated rings. The van der Waals surface area contributed by atoms with E-state index >= 15 is 0 Å². The van der Waals surface area contributed by atoms with E-state index in [1.165, 1.54) is 0 Å². The number of carbonyl (C=O) groups is 1. The minimum absolute atomic E-state index is 0.0881. The second-order valence-corrected chi connectivity index (χ2v) is 9.91. The van der Waals surface area contributed by atoms with E-state index in [2.05, 4.69) is 16.6 Å². The van der Waals surface area contributed by atoms with Crippen molar-refractivity contribution in [3.8, 4) is 11.1 Å². The van der Waals surface area contributed by atoms with Gasteiger partial charge in [-0.25, -0.2) is 13.8 Å². The maximum absolute atomic E-state index is 14.5. The highest BCUT2D eigenvalue weighted by molar-refractivity contribution is 7.43. The number of hydrogen-bond donors (Lipinski definition) is 1. The number of rotatable bonds is 7. The predicted octanol–water partition coefficient (Wildman–Crippen LogP) is 6.25. The Labute approximate surface area is 202 Å². The molecule has 1 unspecified atom stereocenters. The third-order valence-electron chi connectivity index (χ3n) is 5.87. The third-order valence-corrected chi connectivity index (χ3v) is 7.00. The standard InChI is InChI=1S/C25H23ClF2N3O2P/c1-15-18(16-4-3-5-17(12-16)22(32)8-11-34(2)33)13-30-25-24(15)31(10-9-29-25)14-19-20(27)6-7-21(28)23(19)26/h3-7,12-13H,2,8-11,14H2,1H3,(H,29,30). The smallest absolute Gasteiger partial charge is 0.163 e. The number of aromatic nitrogens is 1. The molecule has 2 aromatic carbocycles. The molecule has 176 valence electrons. The van der Waals surface area contributed by atoms with Crippen LogP contribution in [0, 0.1) is 18.6 Å². The van der Waals surface area contributed by atoms with E-state index in [0.717, 1.165) is 34.5 Å². The molecule has 2 heterocycles. The lowest BCUT2D eigenvalue weighted by Crippen LogP contribution is -2.35. The van der Waals surface area contributed by atoms with Gasteiger partial charge in [0, 0.05) is 55.1 Å². The van der Waals surface area contributed by atoms with Crippen LogP contribution < -0.4 is 10.2 Å². The van der Waals surface area contributed by atoms with Crippen molar-refractivity contribution in [2.75, 3.05) is 29.5 Å². The maximum atomic E-state index is 14.5. The molecule has 3 aromatic rings. The van der Waals surface area contributed by atoms with Gasteiger partial charge in [0.05, 0.1) is 18.1 Å². The van der Waals surface area contributed by atoms with Gasteiger partial charge >= 0.3 is 0 Å². The number of ketones is 1. The average molecular weight is 502 g/mol. The fourth-order valence-electron chi connectivity index (χ4n) is 4.11. The Morgan fingerprint density at radius 1 is 1.26 bits per heavy atom. The van der Waals surface area contributed by atoms with Crippen LogP contribution in [0.3, 0.4) is 0 Å². The molecular weight excluding hydrogens is 479 g/mol. The van der Waals surface area contributed by atoms with Crippen molar-refractivity contribution < 1.29 is 18.1 Å². The number of halogens is 3. The molecule has 0 spiro atoms. The summed E-state index contributed by atoms with van der Waals surface area (Å²) in [4.78, 5) is 19.0. The van der Waals surface area contributed by atoms with Gasteiger partial charge in [-0.15, -0.1) is 0 Å². The molecule has 1 aliphatic rings. The molecule has 1 atom stereocenters. The van der Waals surface area contributed by atoms with Crippen molar-refractivity contribution in [1.29, 1.82) is 0 Å². The van der Waals surface area contributed by atoms with E-state index in [-0.39, 0.29) is 35.5 Å². The Balaban J connectivity index is 1.71. The highest BCUT2D eigenvalue weighted by atomic mass is 35.5. The quantitative estimate of drug-likeness (QED) is 0.235. The van der Waals surface area contributed by atoms with E-state index in [1.54, 1.807) is 24.4 Å². The maximum Gasteiger partial charge on any atom is 0.163 e. The molecular formula is C25H23ClF2N3O2P. The van der Waals surface area contributed by atoms with Crippen molar-refractivity contribution in [2.45, 2.75) is 19.9 Å². The zero-order chi connectivity index (χ0) is 24.4. The van der Waals surface area contributed by atoms with Gasteiger partial charge in [0.15, 0.2) is 5.78 Å². The molecule has 1 aromatic heterocycles. The summed E-state index contributed by atoms with van der Waals surface area (Å²) in [7, 11) is -1.62. The van der Waals surface area contributed by atoms with Gasteiger partial charge in [-0.1, -0.05) is 29.8 Å². The second-order valence-electron chi connectivity index (χ2n) is 8.12. The minimum atomic E-state index is -1.62. The zero-order valence-electron chi connectivity index (χ0n) is 18.6. The van der Waals surface area contributed by atoms with E-state index in [4.69, 9.17) is 11.6 Å². The summed E-state index contributed by atoms with van der Waals surface area (Å²) < 4.78 is 39.7. The highest BCUT2D eigenvalue weighted by Gasteiger charge is 2.25. The average Bonchev–Trinajstić information content (AvgIpc) is 2.83. The largest absolute Gasteiger partial charge is 0.367 e. The number of nitrogens with zero attached hydrogens (tertiary/aromatic N) is 2. The van der Waals surface area contributed by atoms with Crippen molar-refractivity contribution in [2.24, 2.45) is 0 Å². The van der Waals surface area contributed by atoms with Gasteiger partial charge in [0.2, 0.25) is 0 Å². The van der Waals surface area contributed by atoms with Crippen LogP contribution in [0.1, 0.15) is 27.9 Å². The molecule has 5 nitrogen and oxygen atoms in total. The summed E-state index contributed by atoms with van der Waals surface area (Å²) in [6.45, 7) is 3.16. The zero-order valence-corrected chi connectivity index (χ0v) is 20.2. The molecule has 0 saturated heterocycles. The van der Waals surface area contributed by atoms with Gasteiger partial charge in [-0.2, -0.15) is 0 Å². The Kier molecular flexibility index (Phi) is 7.15. The molecule has 0 radical (unpaired) electrons. The molecule has 4 rings (SSSR count). The number of pyridine rings is 1. The first-order valence-electron chi connectivity index (χ1n) is 10.8. The van der Waals surface area contributed by atoms with Crippen LogP contribution in [0.4, 0.5) is 20.3 Å². The van der Waals surface area contributed by atoms with Gasteiger partial charge in [0.25, 0.3) is 0 Å². The number of fused-ring (bicyclic) bond motifs is 1. The minimum Gasteiger partial charge on any atom is -0.367 e. The van der Waals surface area contributed by atoms with Gasteiger partial charge < -0.3 is 10.2 Å². The number of carbonyl (C=O) groups excluding carboxylic acids is 1. The lowest BCUT2D eigenvalue weighted by atomic mass is 9.97. The normalized spacial score (nSPS) is 13.3. The molecule has 0 aliphatic carbocycles. The Hall–Kier alpha value is -3.02. The second kappa shape index (κ2) is 10.1. The summed E-state index contributed by atoms with van der Waals surface area (Å²) in [6.07, 6.45) is 5.61. The Morgan fingerprint density at radius 2 is 2.03 bits per heavy atom. The molecule has 0 saturated carbocycles. The lowest BCUT2D eigenvalue weighted by molar-refractivity contribution is 0.0989. The van der Waals surface area contributed by atoms with Crippen LogP contribution in [-0.2, 0) is 11.1 Å². The molecule has 0 amide bonds. The predicted molar refractivity (Wildman–Crippen MR) is 134 cm³/mol. The van der Waals surface area contributed by atoms with Gasteiger partial charge in [0.1, 0.15) is 17.5 Å². The SMILES string of the molecule is C=P(=O)CCC(=O)c1cccc(-c2cnc3c(c2C)N(Cc2c(F)ccc(F)c2Cl)CCN3)c1. The lowest BCUT2D eigenvalue weighted by Gasteiger charge is -2.34. The number of nitrogens with one attached hydrogen (secondary N) is 1. The molecule has 1 aliphatic heterocycles. The molecule has 34 heavy (non-hydrogen) atoms. The Bertz CT molecular complexity index is 1340. The van der Waals surface area contributed by atoms with Gasteiger partial charge in [-0.05, 0) is 42.5 Å². The monoisotopic (exact) mass is 501 g/mol. The van der Waals surface area contributed by atoms with Crippen LogP contribution in [0.15, 0.2) is 42.6 Å². The molecule has 9 heteroatoms. The highest BCUT2D eigenvalue weighted by Crippen LogP contribution is 2.38. The van der Waals surface area contributed by atoms with Crippen molar-refractivity contribution >= 4 is 42.6 Å². The summed E-state index contributed by atoms with van der Waals surface area (Å²) in [5.41, 5.74) is 3.89. The topological polar surface area (TPSA) is 62.3 Å². The number of Topliss-reactive ketones (excluding diaryl/α,β-unsaturated/α-hetero) is 1. The van der Waals surface area contributed by atoms with E-state index in [0.29, 0.717) is 24.5 Å². The van der Waals surface area contributed by atoms with Crippen molar-refractivity contribution in [1.82, 2.24) is 4.98 Å². The number of anilines is 2. The van der Waals surface area contributed by atoms with E-state index in [1.807, 2.05) is 17.9 Å². The molecule has 0 bridgehead atoms. The summed E-state index contributed by atoms with van der Waals surface area (Å²) >= 11 is 6.08. The molecule has 1 N–H and O–H groups in total. The van der Waals surface area contributed by atoms with Crippen LogP contribution in [0.2, 0.25) is 5.02 Å². The van der Waals surface area contributed by atoms with Crippen molar-refractivity contribution in [3.05, 3.63) is 75.9 Å². The summed E-state index contributed by atoms with van der Waals surface area (Å²) in [6, 6.07) is 9.29. The van der Waals surface area contributed by atoms with Gasteiger partial charge in [-0.3, -0.25) is 9.36 Å². The van der Waals surface area contributed by atoms with Crippen molar-refractivity contribution in [3.63, 3.8) is 0 Å². The first-order chi connectivity index (χ1) is 16.3. The summed E-state index contributed by atoms with van der Waals surface area (Å²) in [5, 5.41) is 3.03. The van der Waals surface area contributed by atoms with Crippen LogP contribution in [-0.4, -0.2) is 36.3 Å². The Morgan fingerprint density at radius 3 is 2.79 bits per heavy atom.